The predicted octanol–water partition coefficient (Wildman–Crippen LogP) is 4.70. The molecule has 0 spiro atoms. The van der Waals surface area contributed by atoms with Crippen molar-refractivity contribution < 1.29 is 17.3 Å². The highest BCUT2D eigenvalue weighted by atomic mass is 35.5. The Morgan fingerprint density at radius 2 is 1.67 bits per heavy atom. The highest BCUT2D eigenvalue weighted by Gasteiger charge is 2.20. The molecule has 3 aromatic carbocycles. The van der Waals surface area contributed by atoms with E-state index in [1.54, 1.807) is 36.4 Å². The molecule has 9 heteroatoms. The second-order valence-electron chi connectivity index (χ2n) is 6.35. The Kier molecular flexibility index (Phi) is 7.72. The topological polar surface area (TPSA) is 102 Å². The molecule has 3 aromatic rings. The summed E-state index contributed by atoms with van der Waals surface area (Å²) in [5, 5.41) is 7.50. The van der Waals surface area contributed by atoms with Crippen LogP contribution < -0.4 is 14.7 Å². The number of amidine groups is 1. The number of nitrogen functional groups attached to an aromatic ring is 1. The van der Waals surface area contributed by atoms with Gasteiger partial charge in [0.2, 0.25) is 0 Å². The molecule has 0 atom stereocenters. The minimum absolute atomic E-state index is 0. The van der Waals surface area contributed by atoms with Gasteiger partial charge in [0.05, 0.1) is 5.02 Å². The summed E-state index contributed by atoms with van der Waals surface area (Å²) in [6.45, 7) is 2.07. The van der Waals surface area contributed by atoms with Gasteiger partial charge in [0, 0.05) is 11.6 Å². The third kappa shape index (κ3) is 5.89. The Labute approximate surface area is 186 Å². The Morgan fingerprint density at radius 3 is 2.30 bits per heavy atom. The fourth-order valence-electron chi connectivity index (χ4n) is 2.61. The van der Waals surface area contributed by atoms with Gasteiger partial charge in [0.15, 0.2) is 0 Å². The quantitative estimate of drug-likeness (QED) is 0.298. The molecule has 0 saturated carbocycles. The van der Waals surface area contributed by atoms with Gasteiger partial charge in [0.1, 0.15) is 28.8 Å². The molecular weight excluding hydrogens is 447 g/mol. The molecule has 3 N–H and O–H groups in total. The van der Waals surface area contributed by atoms with Gasteiger partial charge in [0.25, 0.3) is 0 Å². The van der Waals surface area contributed by atoms with Crippen LogP contribution in [0.25, 0.3) is 0 Å². The minimum atomic E-state index is -4.08. The van der Waals surface area contributed by atoms with Crippen LogP contribution in [0.4, 0.5) is 0 Å². The molecule has 0 fully saturated rings. The molecule has 6 nitrogen and oxygen atoms in total. The zero-order chi connectivity index (χ0) is 21.0. The number of rotatable bonds is 7. The molecule has 0 saturated heterocycles. The molecule has 0 aliphatic heterocycles. The number of halogens is 2. The van der Waals surface area contributed by atoms with Gasteiger partial charge < -0.3 is 14.7 Å². The lowest BCUT2D eigenvalue weighted by molar-refractivity contribution is 0.305. The first-order chi connectivity index (χ1) is 13.7. The summed E-state index contributed by atoms with van der Waals surface area (Å²) >= 11 is 5.98. The van der Waals surface area contributed by atoms with Crippen molar-refractivity contribution in [3.63, 3.8) is 0 Å². The van der Waals surface area contributed by atoms with E-state index in [-0.39, 0.29) is 40.5 Å². The number of benzene rings is 3. The van der Waals surface area contributed by atoms with E-state index in [1.165, 1.54) is 18.2 Å². The average Bonchev–Trinajstić information content (AvgIpc) is 2.66. The summed E-state index contributed by atoms with van der Waals surface area (Å²) in [6, 6.07) is 18.1. The average molecular weight is 467 g/mol. The van der Waals surface area contributed by atoms with Crippen LogP contribution >= 0.6 is 24.0 Å². The van der Waals surface area contributed by atoms with Crippen molar-refractivity contribution in [2.45, 2.75) is 18.4 Å². The lowest BCUT2D eigenvalue weighted by atomic mass is 10.1. The predicted molar refractivity (Wildman–Crippen MR) is 119 cm³/mol. The summed E-state index contributed by atoms with van der Waals surface area (Å²) in [6.07, 6.45) is 0. The van der Waals surface area contributed by atoms with E-state index in [0.29, 0.717) is 11.3 Å². The number of nitrogens with two attached hydrogens (primary N) is 1. The number of hydrogen-bond donors (Lipinski definition) is 2. The minimum Gasteiger partial charge on any atom is -0.489 e. The normalized spacial score (nSPS) is 10.7. The molecule has 0 bridgehead atoms. The van der Waals surface area contributed by atoms with E-state index in [9.17, 15) is 8.42 Å². The maximum atomic E-state index is 12.5. The molecule has 0 unspecified atom stereocenters. The highest BCUT2D eigenvalue weighted by molar-refractivity contribution is 7.87. The fourth-order valence-corrected chi connectivity index (χ4v) is 4.02. The zero-order valence-electron chi connectivity index (χ0n) is 16.0. The number of nitrogens with one attached hydrogen (secondary N) is 1. The lowest BCUT2D eigenvalue weighted by Crippen LogP contribution is -2.11. The van der Waals surface area contributed by atoms with Gasteiger partial charge in [-0.15, -0.1) is 12.4 Å². The van der Waals surface area contributed by atoms with Crippen molar-refractivity contribution in [2.75, 3.05) is 0 Å². The van der Waals surface area contributed by atoms with E-state index < -0.39 is 10.1 Å². The van der Waals surface area contributed by atoms with Gasteiger partial charge >= 0.3 is 10.1 Å². The summed E-state index contributed by atoms with van der Waals surface area (Å²) in [5.41, 5.74) is 7.73. The van der Waals surface area contributed by atoms with E-state index in [1.807, 2.05) is 19.1 Å². The summed E-state index contributed by atoms with van der Waals surface area (Å²) in [5.74, 6) is 0.592. The Balaban J connectivity index is 0.00000320. The van der Waals surface area contributed by atoms with Crippen molar-refractivity contribution in [3.8, 4) is 11.5 Å². The van der Waals surface area contributed by atoms with Crippen molar-refractivity contribution in [2.24, 2.45) is 5.73 Å². The number of ether oxygens (including phenoxy) is 1. The first kappa shape index (κ1) is 23.5. The Morgan fingerprint density at radius 1 is 1.03 bits per heavy atom. The Hall–Kier alpha value is -2.74. The molecule has 158 valence electrons. The molecule has 3 rings (SSSR count). The van der Waals surface area contributed by atoms with Crippen LogP contribution in [0, 0.1) is 12.3 Å². The largest absolute Gasteiger partial charge is 0.489 e. The van der Waals surface area contributed by atoms with E-state index in [2.05, 4.69) is 0 Å². The first-order valence-corrected chi connectivity index (χ1v) is 10.4. The number of aryl methyl sites for hydroxylation is 1. The van der Waals surface area contributed by atoms with Crippen molar-refractivity contribution in [3.05, 3.63) is 88.4 Å². The molecule has 0 aromatic heterocycles. The molecule has 0 heterocycles. The summed E-state index contributed by atoms with van der Waals surface area (Å²) < 4.78 is 36.1. The van der Waals surface area contributed by atoms with Crippen LogP contribution in [0.1, 0.15) is 16.7 Å². The van der Waals surface area contributed by atoms with Crippen LogP contribution in [0.2, 0.25) is 5.02 Å². The van der Waals surface area contributed by atoms with Crippen LogP contribution in [0.5, 0.6) is 11.5 Å². The van der Waals surface area contributed by atoms with E-state index in [0.717, 1.165) is 11.1 Å². The number of hydrogen-bond acceptors (Lipinski definition) is 5. The summed E-state index contributed by atoms with van der Waals surface area (Å²) in [4.78, 5) is -0.101. The lowest BCUT2D eigenvalue weighted by Gasteiger charge is -2.12. The van der Waals surface area contributed by atoms with Gasteiger partial charge in [-0.05, 0) is 42.3 Å². The van der Waals surface area contributed by atoms with Crippen molar-refractivity contribution in [1.82, 2.24) is 0 Å². The maximum Gasteiger partial charge on any atom is 0.340 e. The fraction of sp³-hybridized carbons (Fsp3) is 0.0952. The van der Waals surface area contributed by atoms with Gasteiger partial charge in [-0.25, -0.2) is 0 Å². The molecular formula is C21H20Cl2N2O4S. The first-order valence-electron chi connectivity index (χ1n) is 8.61. The Bertz CT molecular complexity index is 1150. The van der Waals surface area contributed by atoms with Gasteiger partial charge in [-0.1, -0.05) is 48.0 Å². The second kappa shape index (κ2) is 9.84. The molecule has 0 radical (unpaired) electrons. The van der Waals surface area contributed by atoms with Crippen LogP contribution in [-0.4, -0.2) is 14.3 Å². The smallest absolute Gasteiger partial charge is 0.340 e. The highest BCUT2D eigenvalue weighted by Crippen LogP contribution is 2.28. The van der Waals surface area contributed by atoms with Gasteiger partial charge in [-0.3, -0.25) is 5.41 Å². The molecule has 0 aliphatic rings. The molecule has 0 amide bonds. The molecule has 0 aliphatic carbocycles. The molecule has 30 heavy (non-hydrogen) atoms. The SMILES string of the molecule is Cc1cc(OCc2ccc(C(=N)N)cc2)cc(OS(=O)(=O)c2ccccc2Cl)c1.Cl. The monoisotopic (exact) mass is 466 g/mol. The summed E-state index contributed by atoms with van der Waals surface area (Å²) in [7, 11) is -4.08. The van der Waals surface area contributed by atoms with Gasteiger partial charge in [-0.2, -0.15) is 8.42 Å². The maximum absolute atomic E-state index is 12.5. The third-order valence-corrected chi connectivity index (χ3v) is 5.75. The van der Waals surface area contributed by atoms with Crippen LogP contribution in [0.15, 0.2) is 71.6 Å². The van der Waals surface area contributed by atoms with Crippen LogP contribution in [0.3, 0.4) is 0 Å². The van der Waals surface area contributed by atoms with E-state index >= 15 is 0 Å². The standard InChI is InChI=1S/C21H19ClN2O4S.ClH/c1-14-10-17(27-13-15-6-8-16(9-7-15)21(23)24)12-18(11-14)28-29(25,26)20-5-3-2-4-19(20)22;/h2-12H,13H2,1H3,(H3,23,24);1H. The zero-order valence-corrected chi connectivity index (χ0v) is 18.4. The van der Waals surface area contributed by atoms with Crippen molar-refractivity contribution >= 4 is 40.0 Å². The third-order valence-electron chi connectivity index (χ3n) is 4.01. The van der Waals surface area contributed by atoms with Crippen molar-refractivity contribution in [1.29, 1.82) is 5.41 Å². The second-order valence-corrected chi connectivity index (χ2v) is 8.27. The van der Waals surface area contributed by atoms with Crippen LogP contribution in [-0.2, 0) is 16.7 Å². The van der Waals surface area contributed by atoms with E-state index in [4.69, 9.17) is 31.7 Å².